The molecule has 0 radical (unpaired) electrons. The number of hydrogen-bond acceptors (Lipinski definition) is 1. The van der Waals surface area contributed by atoms with E-state index in [0.717, 1.165) is 20.8 Å². The van der Waals surface area contributed by atoms with E-state index in [1.807, 2.05) is 0 Å². The highest BCUT2D eigenvalue weighted by Gasteiger charge is 2.08. The molecule has 0 saturated heterocycles. The highest BCUT2D eigenvalue weighted by Crippen LogP contribution is 2.27. The third-order valence-corrected chi connectivity index (χ3v) is 4.56. The van der Waals surface area contributed by atoms with Crippen LogP contribution in [0.1, 0.15) is 11.1 Å². The number of hydrogen-bond donors (Lipinski definition) is 0. The van der Waals surface area contributed by atoms with Gasteiger partial charge in [0.15, 0.2) is 0 Å². The third-order valence-electron chi connectivity index (χ3n) is 2.93. The highest BCUT2D eigenvalue weighted by atomic mass is 79.9. The van der Waals surface area contributed by atoms with Gasteiger partial charge in [0.1, 0.15) is 0 Å². The Morgan fingerprint density at radius 3 is 2.21 bits per heavy atom. The second-order valence-electron chi connectivity index (χ2n) is 4.39. The van der Waals surface area contributed by atoms with Crippen LogP contribution in [0.15, 0.2) is 51.4 Å². The maximum absolute atomic E-state index is 3.55. The van der Waals surface area contributed by atoms with E-state index in [1.54, 1.807) is 0 Å². The number of rotatable bonds is 4. The maximum atomic E-state index is 3.55. The lowest BCUT2D eigenvalue weighted by Crippen LogP contribution is -2.17. The molecule has 0 aromatic heterocycles. The zero-order valence-corrected chi connectivity index (χ0v) is 15.3. The summed E-state index contributed by atoms with van der Waals surface area (Å²) in [4.78, 5) is 2.27. The Bertz CT molecular complexity index is 552. The molecule has 0 aliphatic rings. The number of nitrogens with zero attached hydrogens (tertiary/aromatic N) is 1. The Balaban J connectivity index is 2.19. The second kappa shape index (κ2) is 6.91. The molecule has 1 nitrogen and oxygen atoms in total. The number of benzene rings is 2. The van der Waals surface area contributed by atoms with Crippen molar-refractivity contribution in [1.82, 2.24) is 0 Å². The average molecular weight is 448 g/mol. The van der Waals surface area contributed by atoms with E-state index in [9.17, 15) is 0 Å². The van der Waals surface area contributed by atoms with E-state index in [-0.39, 0.29) is 0 Å². The fourth-order valence-corrected chi connectivity index (χ4v) is 3.10. The van der Waals surface area contributed by atoms with Crippen molar-refractivity contribution in [2.75, 3.05) is 11.9 Å². The van der Waals surface area contributed by atoms with Gasteiger partial charge in [-0.15, -0.1) is 0 Å². The lowest BCUT2D eigenvalue weighted by molar-refractivity contribution is 0.916. The molecule has 2 aromatic rings. The van der Waals surface area contributed by atoms with Gasteiger partial charge in [0.25, 0.3) is 0 Å². The van der Waals surface area contributed by atoms with E-state index in [4.69, 9.17) is 0 Å². The molecule has 0 spiro atoms. The minimum atomic E-state index is 0.854. The first-order valence-electron chi connectivity index (χ1n) is 5.90. The van der Waals surface area contributed by atoms with Crippen LogP contribution in [0.3, 0.4) is 0 Å². The van der Waals surface area contributed by atoms with E-state index in [1.165, 1.54) is 16.8 Å². The molecule has 0 aliphatic carbocycles. The van der Waals surface area contributed by atoms with E-state index < -0.39 is 0 Å². The van der Waals surface area contributed by atoms with Crippen molar-refractivity contribution >= 4 is 53.5 Å². The van der Waals surface area contributed by atoms with Crippen molar-refractivity contribution in [3.8, 4) is 0 Å². The first-order chi connectivity index (χ1) is 9.10. The van der Waals surface area contributed by atoms with Gasteiger partial charge in [-0.05, 0) is 41.5 Å². The molecule has 0 aliphatic heterocycles. The quantitative estimate of drug-likeness (QED) is 0.540. The normalized spacial score (nSPS) is 10.5. The van der Waals surface area contributed by atoms with Crippen molar-refractivity contribution in [3.05, 3.63) is 62.5 Å². The minimum absolute atomic E-state index is 0.854. The maximum Gasteiger partial charge on any atom is 0.0426 e. The molecule has 19 heavy (non-hydrogen) atoms. The summed E-state index contributed by atoms with van der Waals surface area (Å²) in [7, 11) is 2.12. The van der Waals surface area contributed by atoms with Gasteiger partial charge in [0.2, 0.25) is 0 Å². The van der Waals surface area contributed by atoms with Gasteiger partial charge in [-0.2, -0.15) is 0 Å². The predicted molar refractivity (Wildman–Crippen MR) is 93.0 cm³/mol. The summed E-state index contributed by atoms with van der Waals surface area (Å²) in [6, 6.07) is 14.8. The largest absolute Gasteiger partial charge is 0.370 e. The Kier molecular flexibility index (Phi) is 5.48. The van der Waals surface area contributed by atoms with Crippen LogP contribution in [0.5, 0.6) is 0 Å². The predicted octanol–water partition coefficient (Wildman–Crippen LogP) is 5.74. The summed E-state index contributed by atoms with van der Waals surface area (Å²) >= 11 is 10.5. The van der Waals surface area contributed by atoms with Crippen LogP contribution in [0.2, 0.25) is 0 Å². The van der Waals surface area contributed by atoms with E-state index in [2.05, 4.69) is 102 Å². The molecule has 4 heteroatoms. The SMILES string of the molecule is CN(Cc1ccc(Br)cc1)c1ccc(Br)cc1CBr. The minimum Gasteiger partial charge on any atom is -0.370 e. The molecule has 0 atom stereocenters. The second-order valence-corrected chi connectivity index (χ2v) is 6.78. The molecule has 2 rings (SSSR count). The first-order valence-corrected chi connectivity index (χ1v) is 8.61. The van der Waals surface area contributed by atoms with Crippen molar-refractivity contribution in [2.45, 2.75) is 11.9 Å². The van der Waals surface area contributed by atoms with Gasteiger partial charge in [0, 0.05) is 33.6 Å². The number of anilines is 1. The fourth-order valence-electron chi connectivity index (χ4n) is 1.98. The summed E-state index contributed by atoms with van der Waals surface area (Å²) in [5.41, 5.74) is 3.84. The van der Waals surface area contributed by atoms with Gasteiger partial charge in [-0.25, -0.2) is 0 Å². The zero-order valence-electron chi connectivity index (χ0n) is 10.5. The summed E-state index contributed by atoms with van der Waals surface area (Å²) in [5.74, 6) is 0. The summed E-state index contributed by atoms with van der Waals surface area (Å²) < 4.78 is 2.23. The van der Waals surface area contributed by atoms with Crippen molar-refractivity contribution in [2.24, 2.45) is 0 Å². The summed E-state index contributed by atoms with van der Waals surface area (Å²) in [5, 5.41) is 0.854. The molecular formula is C15H14Br3N. The third kappa shape index (κ3) is 4.07. The smallest absolute Gasteiger partial charge is 0.0426 e. The fraction of sp³-hybridized carbons (Fsp3) is 0.200. The molecule has 0 N–H and O–H groups in total. The van der Waals surface area contributed by atoms with E-state index in [0.29, 0.717) is 0 Å². The lowest BCUT2D eigenvalue weighted by Gasteiger charge is -2.22. The van der Waals surface area contributed by atoms with E-state index >= 15 is 0 Å². The summed E-state index contributed by atoms with van der Waals surface area (Å²) in [6.07, 6.45) is 0. The van der Waals surface area contributed by atoms with Crippen LogP contribution in [0.4, 0.5) is 5.69 Å². The summed E-state index contributed by atoms with van der Waals surface area (Å²) in [6.45, 7) is 0.898. The first kappa shape index (κ1) is 15.1. The van der Waals surface area contributed by atoms with Gasteiger partial charge in [-0.3, -0.25) is 0 Å². The standard InChI is InChI=1S/C15H14Br3N/c1-19(10-11-2-4-13(17)5-3-11)15-7-6-14(18)8-12(15)9-16/h2-8H,9-10H2,1H3. The lowest BCUT2D eigenvalue weighted by atomic mass is 10.1. The van der Waals surface area contributed by atoms with Crippen LogP contribution in [0, 0.1) is 0 Å². The van der Waals surface area contributed by atoms with Gasteiger partial charge in [-0.1, -0.05) is 59.9 Å². The van der Waals surface area contributed by atoms with Crippen molar-refractivity contribution in [1.29, 1.82) is 0 Å². The van der Waals surface area contributed by atoms with Gasteiger partial charge < -0.3 is 4.90 Å². The topological polar surface area (TPSA) is 3.24 Å². The Morgan fingerprint density at radius 2 is 1.58 bits per heavy atom. The molecule has 0 amide bonds. The monoisotopic (exact) mass is 445 g/mol. The Morgan fingerprint density at radius 1 is 0.947 bits per heavy atom. The van der Waals surface area contributed by atoms with Crippen molar-refractivity contribution in [3.63, 3.8) is 0 Å². The molecule has 0 unspecified atom stereocenters. The van der Waals surface area contributed by atoms with Crippen LogP contribution in [-0.2, 0) is 11.9 Å². The molecule has 0 bridgehead atoms. The number of alkyl halides is 1. The highest BCUT2D eigenvalue weighted by molar-refractivity contribution is 9.10. The van der Waals surface area contributed by atoms with Gasteiger partial charge >= 0.3 is 0 Å². The molecule has 0 fully saturated rings. The molecule has 0 heterocycles. The average Bonchev–Trinajstić information content (AvgIpc) is 2.41. The Labute approximate surface area is 139 Å². The molecule has 100 valence electrons. The molecular weight excluding hydrogens is 434 g/mol. The van der Waals surface area contributed by atoms with Crippen LogP contribution in [-0.4, -0.2) is 7.05 Å². The van der Waals surface area contributed by atoms with Crippen LogP contribution < -0.4 is 4.90 Å². The van der Waals surface area contributed by atoms with Crippen LogP contribution in [0.25, 0.3) is 0 Å². The van der Waals surface area contributed by atoms with Gasteiger partial charge in [0.05, 0.1) is 0 Å². The molecule has 0 saturated carbocycles. The Hall–Kier alpha value is -0.320. The van der Waals surface area contributed by atoms with Crippen molar-refractivity contribution < 1.29 is 0 Å². The van der Waals surface area contributed by atoms with Crippen LogP contribution >= 0.6 is 47.8 Å². The zero-order chi connectivity index (χ0) is 13.8. The molecule has 2 aromatic carbocycles. The number of halogens is 3.